The van der Waals surface area contributed by atoms with Crippen LogP contribution in [0.5, 0.6) is 0 Å². The van der Waals surface area contributed by atoms with Gasteiger partial charge in [-0.2, -0.15) is 23.2 Å². The third-order valence-electron chi connectivity index (χ3n) is 2.97. The number of aromatic nitrogens is 2. The highest BCUT2D eigenvalue weighted by Crippen LogP contribution is 2.29. The zero-order valence-corrected chi connectivity index (χ0v) is 13.7. The average Bonchev–Trinajstić information content (AvgIpc) is 3.02. The number of hydrogen-bond donors (Lipinski definition) is 0. The van der Waals surface area contributed by atoms with Gasteiger partial charge in [0, 0.05) is 5.56 Å². The van der Waals surface area contributed by atoms with Crippen molar-refractivity contribution in [1.29, 1.82) is 0 Å². The van der Waals surface area contributed by atoms with E-state index in [4.69, 9.17) is 9.57 Å². The van der Waals surface area contributed by atoms with Crippen LogP contribution in [0, 0.1) is 0 Å². The van der Waals surface area contributed by atoms with E-state index < -0.39 is 18.2 Å². The summed E-state index contributed by atoms with van der Waals surface area (Å²) >= 11 is 0. The Kier molecular flexibility index (Phi) is 5.62. The Morgan fingerprint density at radius 1 is 1.28 bits per heavy atom. The minimum Gasteiger partial charge on any atom is -0.445 e. The number of nitrogens with zero attached hydrogens (tertiary/aromatic N) is 3. The lowest BCUT2D eigenvalue weighted by Gasteiger charge is -2.20. The molecule has 1 heterocycles. The number of halogens is 3. The summed E-state index contributed by atoms with van der Waals surface area (Å²) in [6.07, 6.45) is -5.64. The van der Waals surface area contributed by atoms with Crippen LogP contribution >= 0.6 is 0 Å². The van der Waals surface area contributed by atoms with Gasteiger partial charge in [-0.25, -0.2) is 4.79 Å². The van der Waals surface area contributed by atoms with Crippen molar-refractivity contribution in [2.75, 3.05) is 7.11 Å². The molecule has 0 unspecified atom stereocenters. The van der Waals surface area contributed by atoms with Crippen LogP contribution in [0.15, 0.2) is 28.8 Å². The average molecular weight is 359 g/mol. The van der Waals surface area contributed by atoms with Crippen LogP contribution in [-0.2, 0) is 22.3 Å². The number of hydrogen-bond acceptors (Lipinski definition) is 6. The van der Waals surface area contributed by atoms with Gasteiger partial charge < -0.3 is 9.26 Å². The van der Waals surface area contributed by atoms with E-state index >= 15 is 0 Å². The molecule has 10 heteroatoms. The van der Waals surface area contributed by atoms with E-state index in [-0.39, 0.29) is 18.5 Å². The molecular formula is C15H16F3N3O4. The molecule has 1 aromatic carbocycles. The summed E-state index contributed by atoms with van der Waals surface area (Å²) in [5.41, 5.74) is 1.02. The molecule has 0 aliphatic rings. The van der Waals surface area contributed by atoms with Gasteiger partial charge in [0.25, 0.3) is 0 Å². The maximum Gasteiger partial charge on any atom is 0.471 e. The van der Waals surface area contributed by atoms with Gasteiger partial charge in [-0.15, -0.1) is 0 Å². The van der Waals surface area contributed by atoms with Crippen LogP contribution in [0.3, 0.4) is 0 Å². The highest BCUT2D eigenvalue weighted by Gasteiger charge is 2.38. The lowest BCUT2D eigenvalue weighted by atomic mass is 10.1. The quantitative estimate of drug-likeness (QED) is 0.758. The van der Waals surface area contributed by atoms with Gasteiger partial charge in [0.05, 0.1) is 19.8 Å². The van der Waals surface area contributed by atoms with Crippen LogP contribution in [0.2, 0.25) is 0 Å². The van der Waals surface area contributed by atoms with E-state index in [1.807, 2.05) is 0 Å². The molecule has 25 heavy (non-hydrogen) atoms. The monoisotopic (exact) mass is 359 g/mol. The second kappa shape index (κ2) is 7.51. The number of hydroxylamine groups is 2. The Morgan fingerprint density at radius 2 is 1.92 bits per heavy atom. The number of rotatable bonds is 5. The number of benzene rings is 1. The topological polar surface area (TPSA) is 77.7 Å². The minimum atomic E-state index is -4.69. The largest absolute Gasteiger partial charge is 0.471 e. The molecule has 0 fully saturated rings. The number of carbonyl (C=O) groups is 1. The zero-order chi connectivity index (χ0) is 18.6. The number of carbonyl (C=O) groups excluding carboxylic acids is 1. The van der Waals surface area contributed by atoms with Crippen molar-refractivity contribution in [3.05, 3.63) is 35.7 Å². The van der Waals surface area contributed by atoms with Gasteiger partial charge in [0.15, 0.2) is 0 Å². The molecular weight excluding hydrogens is 343 g/mol. The van der Waals surface area contributed by atoms with E-state index in [0.717, 1.165) is 5.06 Å². The minimum absolute atomic E-state index is 0.0996. The van der Waals surface area contributed by atoms with E-state index in [1.165, 1.54) is 19.2 Å². The fourth-order valence-electron chi connectivity index (χ4n) is 1.84. The van der Waals surface area contributed by atoms with E-state index in [2.05, 4.69) is 14.7 Å². The van der Waals surface area contributed by atoms with Crippen molar-refractivity contribution in [1.82, 2.24) is 15.2 Å². The third-order valence-corrected chi connectivity index (χ3v) is 2.97. The van der Waals surface area contributed by atoms with Gasteiger partial charge in [0.1, 0.15) is 0 Å². The molecule has 1 aromatic heterocycles. The summed E-state index contributed by atoms with van der Waals surface area (Å²) in [6.45, 7) is 3.52. The fourth-order valence-corrected chi connectivity index (χ4v) is 1.84. The van der Waals surface area contributed by atoms with Crippen molar-refractivity contribution >= 4 is 6.09 Å². The summed E-state index contributed by atoms with van der Waals surface area (Å²) in [5, 5.41) is 4.32. The van der Waals surface area contributed by atoms with Crippen LogP contribution in [0.1, 0.15) is 25.3 Å². The van der Waals surface area contributed by atoms with Gasteiger partial charge in [-0.1, -0.05) is 29.4 Å². The third kappa shape index (κ3) is 4.92. The summed E-state index contributed by atoms with van der Waals surface area (Å²) < 4.78 is 46.6. The second-order valence-electron chi connectivity index (χ2n) is 5.27. The van der Waals surface area contributed by atoms with Crippen molar-refractivity contribution in [3.8, 4) is 11.4 Å². The summed E-state index contributed by atoms with van der Waals surface area (Å²) in [7, 11) is 1.33. The Morgan fingerprint density at radius 3 is 2.40 bits per heavy atom. The molecule has 0 spiro atoms. The van der Waals surface area contributed by atoms with Gasteiger partial charge in [-0.3, -0.25) is 4.84 Å². The van der Waals surface area contributed by atoms with Crippen molar-refractivity contribution in [2.45, 2.75) is 32.7 Å². The molecule has 136 valence electrons. The molecule has 0 aliphatic carbocycles. The van der Waals surface area contributed by atoms with Gasteiger partial charge in [-0.05, 0) is 19.4 Å². The molecule has 0 radical (unpaired) electrons. The lowest BCUT2D eigenvalue weighted by molar-refractivity contribution is -0.159. The number of ether oxygens (including phenoxy) is 1. The first kappa shape index (κ1) is 18.7. The van der Waals surface area contributed by atoms with Crippen LogP contribution in [0.25, 0.3) is 11.4 Å². The van der Waals surface area contributed by atoms with Crippen molar-refractivity contribution in [2.24, 2.45) is 0 Å². The summed E-state index contributed by atoms with van der Waals surface area (Å²) in [5.74, 6) is -1.59. The summed E-state index contributed by atoms with van der Waals surface area (Å²) in [4.78, 5) is 20.1. The van der Waals surface area contributed by atoms with E-state index in [9.17, 15) is 18.0 Å². The van der Waals surface area contributed by atoms with Crippen LogP contribution < -0.4 is 0 Å². The molecule has 2 rings (SSSR count). The number of amides is 1. The first-order valence-electron chi connectivity index (χ1n) is 7.23. The van der Waals surface area contributed by atoms with E-state index in [0.29, 0.717) is 11.1 Å². The van der Waals surface area contributed by atoms with Crippen LogP contribution in [0.4, 0.5) is 18.0 Å². The van der Waals surface area contributed by atoms with Gasteiger partial charge >= 0.3 is 18.2 Å². The fraction of sp³-hybridized carbons (Fsp3) is 0.400. The molecule has 2 aromatic rings. The normalized spacial score (nSPS) is 11.6. The molecule has 7 nitrogen and oxygen atoms in total. The molecule has 1 amide bonds. The number of alkyl halides is 3. The SMILES string of the molecule is CON(Cc1ccc(-c2noc(C(F)(F)F)n2)cc1)C(=O)OC(C)C. The zero-order valence-electron chi connectivity index (χ0n) is 13.7. The molecule has 0 bridgehead atoms. The predicted molar refractivity (Wildman–Crippen MR) is 78.9 cm³/mol. The Hall–Kier alpha value is -2.62. The smallest absolute Gasteiger partial charge is 0.445 e. The van der Waals surface area contributed by atoms with Crippen molar-refractivity contribution in [3.63, 3.8) is 0 Å². The molecule has 0 atom stereocenters. The maximum atomic E-state index is 12.5. The van der Waals surface area contributed by atoms with Crippen molar-refractivity contribution < 1.29 is 32.1 Å². The van der Waals surface area contributed by atoms with Gasteiger partial charge in [0.2, 0.25) is 5.82 Å². The highest BCUT2D eigenvalue weighted by molar-refractivity contribution is 5.66. The van der Waals surface area contributed by atoms with Crippen LogP contribution in [-0.4, -0.2) is 34.5 Å². The molecule has 0 saturated heterocycles. The van der Waals surface area contributed by atoms with E-state index in [1.54, 1.807) is 26.0 Å². The standard InChI is InChI=1S/C15H16F3N3O4/c1-9(2)24-14(22)21(23-3)8-10-4-6-11(7-5-10)12-19-13(25-20-12)15(16,17)18/h4-7,9H,8H2,1-3H3. The summed E-state index contributed by atoms with van der Waals surface area (Å²) in [6, 6.07) is 6.24. The molecule has 0 aliphatic heterocycles. The first-order valence-corrected chi connectivity index (χ1v) is 7.23. The highest BCUT2D eigenvalue weighted by atomic mass is 19.4. The Balaban J connectivity index is 2.09. The maximum absolute atomic E-state index is 12.5. The Bertz CT molecular complexity index is 714. The lowest BCUT2D eigenvalue weighted by Crippen LogP contribution is -2.31. The first-order chi connectivity index (χ1) is 11.7. The molecule has 0 saturated carbocycles. The Labute approximate surface area is 141 Å². The molecule has 0 N–H and O–H groups in total. The predicted octanol–water partition coefficient (Wildman–Crippen LogP) is 3.66. The second-order valence-corrected chi connectivity index (χ2v) is 5.27.